The summed E-state index contributed by atoms with van der Waals surface area (Å²) in [4.78, 5) is 19.6. The van der Waals surface area contributed by atoms with E-state index in [4.69, 9.17) is 0 Å². The van der Waals surface area contributed by atoms with Gasteiger partial charge in [0.2, 0.25) is 5.91 Å². The number of anilines is 1. The molecule has 0 N–H and O–H groups in total. The van der Waals surface area contributed by atoms with E-state index in [1.165, 1.54) is 17.3 Å². The fraction of sp³-hybridized carbons (Fsp3) is 0.231. The highest BCUT2D eigenvalue weighted by atomic mass is 32.2. The van der Waals surface area contributed by atoms with Crippen LogP contribution in [0.4, 0.5) is 5.69 Å². The molecule has 0 fully saturated rings. The molecule has 0 radical (unpaired) electrons. The number of aromatic nitrogens is 4. The van der Waals surface area contributed by atoms with Gasteiger partial charge in [-0.15, -0.1) is 10.2 Å². The zero-order chi connectivity index (χ0) is 22.9. The van der Waals surface area contributed by atoms with Gasteiger partial charge < -0.3 is 4.90 Å². The SMILES string of the molecule is Cc1ccccc1-n1c(SC(C)C(=O)N2c3ccccc3CC2C)nnc1-c1ccncc1. The minimum absolute atomic E-state index is 0.0854. The van der Waals surface area contributed by atoms with E-state index >= 15 is 0 Å². The van der Waals surface area contributed by atoms with E-state index in [-0.39, 0.29) is 17.2 Å². The molecule has 33 heavy (non-hydrogen) atoms. The van der Waals surface area contributed by atoms with E-state index in [0.717, 1.165) is 34.7 Å². The van der Waals surface area contributed by atoms with Gasteiger partial charge in [0, 0.05) is 29.7 Å². The zero-order valence-electron chi connectivity index (χ0n) is 18.8. The zero-order valence-corrected chi connectivity index (χ0v) is 19.7. The minimum atomic E-state index is -0.323. The number of carbonyl (C=O) groups excluding carboxylic acids is 1. The lowest BCUT2D eigenvalue weighted by atomic mass is 10.1. The Morgan fingerprint density at radius 1 is 1.00 bits per heavy atom. The number of fused-ring (bicyclic) bond motifs is 1. The molecule has 7 heteroatoms. The van der Waals surface area contributed by atoms with Crippen molar-refractivity contribution in [2.75, 3.05) is 4.90 Å². The van der Waals surface area contributed by atoms with Crippen molar-refractivity contribution >= 4 is 23.4 Å². The van der Waals surface area contributed by atoms with Crippen LogP contribution in [0.15, 0.2) is 78.2 Å². The van der Waals surface area contributed by atoms with Crippen LogP contribution in [0.25, 0.3) is 17.1 Å². The molecule has 0 aliphatic carbocycles. The number of benzene rings is 2. The summed E-state index contributed by atoms with van der Waals surface area (Å²) in [5.74, 6) is 0.816. The van der Waals surface area contributed by atoms with Crippen molar-refractivity contribution in [1.82, 2.24) is 19.7 Å². The number of rotatable bonds is 5. The number of aryl methyl sites for hydroxylation is 1. The maximum Gasteiger partial charge on any atom is 0.240 e. The molecule has 0 bridgehead atoms. The van der Waals surface area contributed by atoms with Gasteiger partial charge in [-0.3, -0.25) is 14.3 Å². The van der Waals surface area contributed by atoms with Gasteiger partial charge in [0.15, 0.2) is 11.0 Å². The lowest BCUT2D eigenvalue weighted by Crippen LogP contribution is -2.40. The average Bonchev–Trinajstić information content (AvgIpc) is 3.39. The van der Waals surface area contributed by atoms with Crippen molar-refractivity contribution in [2.24, 2.45) is 0 Å². The molecular formula is C26H25N5OS. The summed E-state index contributed by atoms with van der Waals surface area (Å²) in [5.41, 5.74) is 5.26. The largest absolute Gasteiger partial charge is 0.308 e. The second kappa shape index (κ2) is 8.83. The van der Waals surface area contributed by atoms with Crippen molar-refractivity contribution in [2.45, 2.75) is 43.6 Å². The van der Waals surface area contributed by atoms with E-state index in [9.17, 15) is 4.79 Å². The quantitative estimate of drug-likeness (QED) is 0.392. The fourth-order valence-corrected chi connectivity index (χ4v) is 5.28. The van der Waals surface area contributed by atoms with Gasteiger partial charge in [-0.25, -0.2) is 0 Å². The van der Waals surface area contributed by atoms with Gasteiger partial charge in [0.25, 0.3) is 0 Å². The highest BCUT2D eigenvalue weighted by Crippen LogP contribution is 2.36. The van der Waals surface area contributed by atoms with Crippen LogP contribution in [-0.2, 0) is 11.2 Å². The molecule has 6 nitrogen and oxygen atoms in total. The topological polar surface area (TPSA) is 63.9 Å². The molecule has 1 aliphatic heterocycles. The van der Waals surface area contributed by atoms with Gasteiger partial charge in [0.1, 0.15) is 0 Å². The molecule has 2 atom stereocenters. The van der Waals surface area contributed by atoms with Crippen LogP contribution in [0.2, 0.25) is 0 Å². The van der Waals surface area contributed by atoms with E-state index in [1.807, 2.05) is 58.9 Å². The van der Waals surface area contributed by atoms with Crippen LogP contribution in [0, 0.1) is 6.92 Å². The average molecular weight is 456 g/mol. The number of thioether (sulfide) groups is 1. The molecule has 3 heterocycles. The summed E-state index contributed by atoms with van der Waals surface area (Å²) in [6.07, 6.45) is 4.37. The number of pyridine rings is 1. The summed E-state index contributed by atoms with van der Waals surface area (Å²) in [5, 5.41) is 9.38. The highest BCUT2D eigenvalue weighted by Gasteiger charge is 2.34. The van der Waals surface area contributed by atoms with E-state index < -0.39 is 0 Å². The number of hydrogen-bond acceptors (Lipinski definition) is 5. The first-order chi connectivity index (χ1) is 16.0. The van der Waals surface area contributed by atoms with E-state index in [0.29, 0.717) is 5.16 Å². The molecule has 1 amide bonds. The minimum Gasteiger partial charge on any atom is -0.308 e. The fourth-order valence-electron chi connectivity index (χ4n) is 4.37. The van der Waals surface area contributed by atoms with E-state index in [1.54, 1.807) is 12.4 Å². The van der Waals surface area contributed by atoms with Crippen molar-refractivity contribution in [1.29, 1.82) is 0 Å². The van der Waals surface area contributed by atoms with Crippen molar-refractivity contribution in [3.05, 3.63) is 84.2 Å². The maximum absolute atomic E-state index is 13.6. The standard InChI is InChI=1S/C26H25N5OS/c1-17-8-4-6-10-22(17)31-24(20-12-14-27-15-13-20)28-29-26(31)33-19(3)25(32)30-18(2)16-21-9-5-7-11-23(21)30/h4-15,18-19H,16H2,1-3H3. The molecule has 5 rings (SSSR count). The molecule has 1 aliphatic rings. The Hall–Kier alpha value is -3.45. The van der Waals surface area contributed by atoms with Crippen molar-refractivity contribution in [3.8, 4) is 17.1 Å². The predicted molar refractivity (Wildman–Crippen MR) is 132 cm³/mol. The second-order valence-electron chi connectivity index (χ2n) is 8.31. The number of nitrogens with zero attached hydrogens (tertiary/aromatic N) is 5. The van der Waals surface area contributed by atoms with Crippen LogP contribution >= 0.6 is 11.8 Å². The summed E-state index contributed by atoms with van der Waals surface area (Å²) in [7, 11) is 0. The third-order valence-electron chi connectivity index (χ3n) is 6.00. The van der Waals surface area contributed by atoms with Crippen molar-refractivity contribution < 1.29 is 4.79 Å². The third-order valence-corrected chi connectivity index (χ3v) is 7.03. The monoisotopic (exact) mass is 455 g/mol. The number of para-hydroxylation sites is 2. The molecule has 2 aromatic heterocycles. The Morgan fingerprint density at radius 2 is 1.70 bits per heavy atom. The summed E-state index contributed by atoms with van der Waals surface area (Å²) >= 11 is 1.44. The van der Waals surface area contributed by atoms with Crippen LogP contribution in [0.3, 0.4) is 0 Å². The predicted octanol–water partition coefficient (Wildman–Crippen LogP) is 5.10. The molecule has 2 unspecified atom stereocenters. The third kappa shape index (κ3) is 3.93. The Kier molecular flexibility index (Phi) is 5.72. The Balaban J connectivity index is 1.51. The number of amides is 1. The molecule has 4 aromatic rings. The Labute approximate surface area is 197 Å². The maximum atomic E-state index is 13.6. The molecule has 166 valence electrons. The molecule has 0 spiro atoms. The molecule has 0 saturated heterocycles. The number of hydrogen-bond donors (Lipinski definition) is 0. The Morgan fingerprint density at radius 3 is 2.45 bits per heavy atom. The van der Waals surface area contributed by atoms with Crippen LogP contribution < -0.4 is 4.90 Å². The first-order valence-corrected chi connectivity index (χ1v) is 11.9. The summed E-state index contributed by atoms with van der Waals surface area (Å²) in [6.45, 7) is 6.12. The van der Waals surface area contributed by atoms with Gasteiger partial charge in [-0.1, -0.05) is 48.2 Å². The Bertz CT molecular complexity index is 1300. The summed E-state index contributed by atoms with van der Waals surface area (Å²) in [6, 6.07) is 20.3. The lowest BCUT2D eigenvalue weighted by Gasteiger charge is -2.25. The lowest BCUT2D eigenvalue weighted by molar-refractivity contribution is -0.118. The molecule has 0 saturated carbocycles. The van der Waals surface area contributed by atoms with Crippen LogP contribution in [-0.4, -0.2) is 36.9 Å². The van der Waals surface area contributed by atoms with E-state index in [2.05, 4.69) is 47.2 Å². The molecular weight excluding hydrogens is 430 g/mol. The van der Waals surface area contributed by atoms with Crippen molar-refractivity contribution in [3.63, 3.8) is 0 Å². The van der Waals surface area contributed by atoms with Gasteiger partial charge >= 0.3 is 0 Å². The smallest absolute Gasteiger partial charge is 0.240 e. The molecule has 2 aromatic carbocycles. The van der Waals surface area contributed by atoms with Gasteiger partial charge in [-0.05, 0) is 62.6 Å². The first-order valence-electron chi connectivity index (χ1n) is 11.0. The highest BCUT2D eigenvalue weighted by molar-refractivity contribution is 8.00. The van der Waals surface area contributed by atoms with Gasteiger partial charge in [0.05, 0.1) is 10.9 Å². The second-order valence-corrected chi connectivity index (χ2v) is 9.62. The number of carbonyl (C=O) groups is 1. The normalized spacial score (nSPS) is 16.0. The van der Waals surface area contributed by atoms with Crippen LogP contribution in [0.5, 0.6) is 0 Å². The van der Waals surface area contributed by atoms with Gasteiger partial charge in [-0.2, -0.15) is 0 Å². The summed E-state index contributed by atoms with van der Waals surface area (Å²) < 4.78 is 2.04. The van der Waals surface area contributed by atoms with Crippen LogP contribution in [0.1, 0.15) is 25.0 Å². The first kappa shape index (κ1) is 21.4.